The van der Waals surface area contributed by atoms with Crippen LogP contribution in [-0.4, -0.2) is 15.9 Å². The van der Waals surface area contributed by atoms with Gasteiger partial charge in [0.1, 0.15) is 0 Å². The predicted octanol–water partition coefficient (Wildman–Crippen LogP) is 5.39. The monoisotopic (exact) mass is 369 g/mol. The molecule has 5 nitrogen and oxygen atoms in total. The Hall–Kier alpha value is -2.51. The van der Waals surface area contributed by atoms with Crippen LogP contribution in [0.4, 0.5) is 5.13 Å². The number of amides is 1. The normalized spacial score (nSPS) is 11.3. The first-order valence-corrected chi connectivity index (χ1v) is 9.52. The second-order valence-corrected chi connectivity index (χ2v) is 7.73. The molecule has 0 aliphatic carbocycles. The minimum Gasteiger partial charge on any atom is -0.448 e. The molecule has 4 aromatic rings. The maximum Gasteiger partial charge on any atom is 0.293 e. The molecule has 0 bridgehead atoms. The van der Waals surface area contributed by atoms with Gasteiger partial charge in [0.2, 0.25) is 0 Å². The molecule has 3 aromatic heterocycles. The largest absolute Gasteiger partial charge is 0.448 e. The zero-order chi connectivity index (χ0) is 17.4. The van der Waals surface area contributed by atoms with Gasteiger partial charge in [-0.1, -0.05) is 26.0 Å². The van der Waals surface area contributed by atoms with E-state index in [1.807, 2.05) is 29.6 Å². The van der Waals surface area contributed by atoms with Gasteiger partial charge in [-0.05, 0) is 30.2 Å². The van der Waals surface area contributed by atoms with Crippen molar-refractivity contribution in [2.45, 2.75) is 19.8 Å². The minimum absolute atomic E-state index is 0.246. The molecule has 126 valence electrons. The Bertz CT molecular complexity index is 1010. The van der Waals surface area contributed by atoms with E-state index in [0.717, 1.165) is 20.9 Å². The van der Waals surface area contributed by atoms with Crippen molar-refractivity contribution in [1.29, 1.82) is 0 Å². The van der Waals surface area contributed by atoms with Gasteiger partial charge in [0.05, 0.1) is 15.9 Å². The lowest BCUT2D eigenvalue weighted by Gasteiger charge is -1.99. The molecule has 0 spiro atoms. The number of hydrogen-bond donors (Lipinski definition) is 1. The molecule has 0 fully saturated rings. The van der Waals surface area contributed by atoms with Gasteiger partial charge < -0.3 is 4.42 Å². The second-order valence-electron chi connectivity index (χ2n) is 5.84. The van der Waals surface area contributed by atoms with Gasteiger partial charge in [0.25, 0.3) is 5.91 Å². The van der Waals surface area contributed by atoms with Crippen LogP contribution in [0.3, 0.4) is 0 Å². The highest BCUT2D eigenvalue weighted by Crippen LogP contribution is 2.31. The van der Waals surface area contributed by atoms with Crippen LogP contribution in [0, 0.1) is 0 Å². The molecular formula is C18H15N3O2S2. The Morgan fingerprint density at radius 2 is 2.00 bits per heavy atom. The van der Waals surface area contributed by atoms with Crippen molar-refractivity contribution < 1.29 is 9.21 Å². The van der Waals surface area contributed by atoms with Crippen LogP contribution in [0.1, 0.15) is 36.0 Å². The topological polar surface area (TPSA) is 68.0 Å². The summed E-state index contributed by atoms with van der Waals surface area (Å²) >= 11 is 2.95. The molecule has 0 atom stereocenters. The van der Waals surface area contributed by atoms with E-state index in [1.165, 1.54) is 22.7 Å². The third kappa shape index (κ3) is 3.20. The summed E-state index contributed by atoms with van der Waals surface area (Å²) in [5, 5.41) is 6.07. The number of anilines is 1. The van der Waals surface area contributed by atoms with Crippen molar-refractivity contribution in [3.63, 3.8) is 0 Å². The first-order valence-electron chi connectivity index (χ1n) is 7.82. The van der Waals surface area contributed by atoms with Gasteiger partial charge in [-0.15, -0.1) is 22.7 Å². The number of carbonyl (C=O) groups excluding carboxylic acids is 1. The lowest BCUT2D eigenvalue weighted by atomic mass is 10.2. The number of nitrogens with one attached hydrogen (secondary N) is 1. The highest BCUT2D eigenvalue weighted by Gasteiger charge is 2.16. The van der Waals surface area contributed by atoms with Crippen molar-refractivity contribution in [3.05, 3.63) is 53.2 Å². The lowest BCUT2D eigenvalue weighted by molar-refractivity contribution is 0.0997. The standard InChI is InChI=1S/C18H15N3O2S2/c1-10(2)12-9-24-18(20-12)21-16(22)13-7-8-14(23-13)17-19-11-5-3-4-6-15(11)25-17/h3-10H,1-2H3,(H,20,21,22). The molecule has 1 N–H and O–H groups in total. The zero-order valence-corrected chi connectivity index (χ0v) is 15.3. The molecule has 3 heterocycles. The summed E-state index contributed by atoms with van der Waals surface area (Å²) in [7, 11) is 0. The molecule has 4 rings (SSSR count). The summed E-state index contributed by atoms with van der Waals surface area (Å²) in [6, 6.07) is 11.3. The first-order chi connectivity index (χ1) is 12.1. The zero-order valence-electron chi connectivity index (χ0n) is 13.6. The van der Waals surface area contributed by atoms with Crippen LogP contribution in [0.15, 0.2) is 46.2 Å². The van der Waals surface area contributed by atoms with E-state index < -0.39 is 0 Å². The van der Waals surface area contributed by atoms with Crippen molar-refractivity contribution in [2.24, 2.45) is 0 Å². The number of nitrogens with zero attached hydrogens (tertiary/aromatic N) is 2. The fourth-order valence-corrected chi connectivity index (χ4v) is 4.11. The Morgan fingerprint density at radius 3 is 2.76 bits per heavy atom. The number of rotatable bonds is 4. The van der Waals surface area contributed by atoms with E-state index in [2.05, 4.69) is 29.1 Å². The maximum atomic E-state index is 12.4. The van der Waals surface area contributed by atoms with Crippen molar-refractivity contribution >= 4 is 43.9 Å². The molecule has 1 amide bonds. The number of fused-ring (bicyclic) bond motifs is 1. The van der Waals surface area contributed by atoms with Gasteiger partial charge >= 0.3 is 0 Å². The van der Waals surface area contributed by atoms with Crippen LogP contribution in [0.2, 0.25) is 0 Å². The predicted molar refractivity (Wildman–Crippen MR) is 101 cm³/mol. The van der Waals surface area contributed by atoms with Gasteiger partial charge in [-0.3, -0.25) is 10.1 Å². The summed E-state index contributed by atoms with van der Waals surface area (Å²) in [6.07, 6.45) is 0. The Kier molecular flexibility index (Phi) is 4.10. The maximum absolute atomic E-state index is 12.4. The summed E-state index contributed by atoms with van der Waals surface area (Å²) in [6.45, 7) is 4.13. The van der Waals surface area contributed by atoms with Crippen molar-refractivity contribution in [2.75, 3.05) is 5.32 Å². The van der Waals surface area contributed by atoms with Crippen LogP contribution >= 0.6 is 22.7 Å². The van der Waals surface area contributed by atoms with Crippen LogP contribution < -0.4 is 5.32 Å². The Labute approximate surface area is 152 Å². The number of hydrogen-bond acceptors (Lipinski definition) is 6. The quantitative estimate of drug-likeness (QED) is 0.524. The number of benzene rings is 1. The summed E-state index contributed by atoms with van der Waals surface area (Å²) in [5.74, 6) is 0.858. The molecule has 0 aliphatic rings. The lowest BCUT2D eigenvalue weighted by Crippen LogP contribution is -2.10. The smallest absolute Gasteiger partial charge is 0.293 e. The summed E-state index contributed by atoms with van der Waals surface area (Å²) < 4.78 is 6.79. The number of carbonyl (C=O) groups is 1. The number of aromatic nitrogens is 2. The summed E-state index contributed by atoms with van der Waals surface area (Å²) in [5.41, 5.74) is 1.89. The summed E-state index contributed by atoms with van der Waals surface area (Å²) in [4.78, 5) is 21.3. The van der Waals surface area contributed by atoms with Crippen LogP contribution in [-0.2, 0) is 0 Å². The minimum atomic E-state index is -0.308. The van der Waals surface area contributed by atoms with Crippen molar-refractivity contribution in [3.8, 4) is 10.8 Å². The molecule has 0 radical (unpaired) electrons. The second kappa shape index (κ2) is 6.42. The number of para-hydroxylation sites is 1. The van der Waals surface area contributed by atoms with E-state index in [9.17, 15) is 4.79 Å². The fourth-order valence-electron chi connectivity index (χ4n) is 2.32. The third-order valence-corrected chi connectivity index (χ3v) is 5.50. The highest BCUT2D eigenvalue weighted by atomic mass is 32.1. The van der Waals surface area contributed by atoms with Gasteiger partial charge in [0, 0.05) is 5.38 Å². The SMILES string of the molecule is CC(C)c1csc(NC(=O)c2ccc(-c3nc4ccccc4s3)o2)n1. The van der Waals surface area contributed by atoms with Crippen LogP contribution in [0.25, 0.3) is 21.0 Å². The fraction of sp³-hybridized carbons (Fsp3) is 0.167. The van der Waals surface area contributed by atoms with E-state index in [-0.39, 0.29) is 11.7 Å². The molecule has 0 unspecified atom stereocenters. The van der Waals surface area contributed by atoms with Gasteiger partial charge in [-0.2, -0.15) is 0 Å². The molecular weight excluding hydrogens is 354 g/mol. The first kappa shape index (κ1) is 16.0. The van der Waals surface area contributed by atoms with E-state index in [4.69, 9.17) is 4.42 Å². The van der Waals surface area contributed by atoms with E-state index in [0.29, 0.717) is 16.8 Å². The molecule has 25 heavy (non-hydrogen) atoms. The molecule has 0 aliphatic heterocycles. The number of thiazole rings is 2. The Morgan fingerprint density at radius 1 is 1.16 bits per heavy atom. The molecule has 0 saturated heterocycles. The van der Waals surface area contributed by atoms with E-state index >= 15 is 0 Å². The Balaban J connectivity index is 1.54. The average molecular weight is 369 g/mol. The van der Waals surface area contributed by atoms with Crippen molar-refractivity contribution in [1.82, 2.24) is 9.97 Å². The van der Waals surface area contributed by atoms with Gasteiger partial charge in [-0.25, -0.2) is 9.97 Å². The van der Waals surface area contributed by atoms with Gasteiger partial charge in [0.15, 0.2) is 21.7 Å². The molecule has 1 aromatic carbocycles. The molecule has 7 heteroatoms. The average Bonchev–Trinajstić information content (AvgIpc) is 3.32. The van der Waals surface area contributed by atoms with Crippen LogP contribution in [0.5, 0.6) is 0 Å². The number of furan rings is 1. The highest BCUT2D eigenvalue weighted by molar-refractivity contribution is 7.21. The van der Waals surface area contributed by atoms with E-state index in [1.54, 1.807) is 12.1 Å². The molecule has 0 saturated carbocycles. The third-order valence-electron chi connectivity index (χ3n) is 3.67.